The number of primary amides is 1. The number of hydrogen-bond donors (Lipinski definition) is 2. The molecule has 1 rings (SSSR count). The molecule has 0 spiro atoms. The summed E-state index contributed by atoms with van der Waals surface area (Å²) >= 11 is 0. The highest BCUT2D eigenvalue weighted by atomic mass is 35.5. The van der Waals surface area contributed by atoms with E-state index in [0.29, 0.717) is 12.3 Å². The third kappa shape index (κ3) is 5.63. The summed E-state index contributed by atoms with van der Waals surface area (Å²) in [5.41, 5.74) is 5.06. The minimum Gasteiger partial charge on any atom is -0.370 e. The summed E-state index contributed by atoms with van der Waals surface area (Å²) in [5, 5.41) is 3.24. The SMILES string of the molecule is Cl.Cl.NC(=O)CC1CCNCC1. The van der Waals surface area contributed by atoms with Gasteiger partial charge in [0.25, 0.3) is 0 Å². The van der Waals surface area contributed by atoms with E-state index >= 15 is 0 Å². The first kappa shape index (κ1) is 14.5. The molecule has 0 radical (unpaired) electrons. The van der Waals surface area contributed by atoms with Gasteiger partial charge in [-0.05, 0) is 31.8 Å². The van der Waals surface area contributed by atoms with Crippen molar-refractivity contribution in [1.29, 1.82) is 0 Å². The van der Waals surface area contributed by atoms with Gasteiger partial charge in [0.2, 0.25) is 5.91 Å². The summed E-state index contributed by atoms with van der Waals surface area (Å²) in [6.45, 7) is 2.08. The van der Waals surface area contributed by atoms with Crippen LogP contribution in [0.5, 0.6) is 0 Å². The number of piperidine rings is 1. The van der Waals surface area contributed by atoms with Crippen molar-refractivity contribution in [2.45, 2.75) is 19.3 Å². The molecule has 12 heavy (non-hydrogen) atoms. The van der Waals surface area contributed by atoms with Gasteiger partial charge in [-0.2, -0.15) is 0 Å². The lowest BCUT2D eigenvalue weighted by molar-refractivity contribution is -0.119. The van der Waals surface area contributed by atoms with Gasteiger partial charge in [-0.25, -0.2) is 0 Å². The Labute approximate surface area is 85.3 Å². The summed E-state index contributed by atoms with van der Waals surface area (Å²) in [5.74, 6) is 0.380. The minimum absolute atomic E-state index is 0. The van der Waals surface area contributed by atoms with Crippen molar-refractivity contribution in [2.75, 3.05) is 13.1 Å². The fraction of sp³-hybridized carbons (Fsp3) is 0.857. The Kier molecular flexibility index (Phi) is 9.26. The molecule has 0 bridgehead atoms. The molecule has 5 heteroatoms. The van der Waals surface area contributed by atoms with Crippen LogP contribution in [0, 0.1) is 5.92 Å². The second-order valence-corrected chi connectivity index (χ2v) is 2.86. The van der Waals surface area contributed by atoms with Crippen LogP contribution in [0.1, 0.15) is 19.3 Å². The summed E-state index contributed by atoms with van der Waals surface area (Å²) in [6.07, 6.45) is 2.77. The van der Waals surface area contributed by atoms with Crippen LogP contribution in [0.15, 0.2) is 0 Å². The molecule has 0 aromatic carbocycles. The van der Waals surface area contributed by atoms with Gasteiger partial charge in [0.05, 0.1) is 0 Å². The fourth-order valence-electron chi connectivity index (χ4n) is 1.37. The molecule has 1 saturated heterocycles. The van der Waals surface area contributed by atoms with Crippen LogP contribution in [-0.4, -0.2) is 19.0 Å². The van der Waals surface area contributed by atoms with Gasteiger partial charge >= 0.3 is 0 Å². The lowest BCUT2D eigenvalue weighted by Gasteiger charge is -2.20. The van der Waals surface area contributed by atoms with Crippen LogP contribution in [-0.2, 0) is 4.79 Å². The quantitative estimate of drug-likeness (QED) is 0.712. The second-order valence-electron chi connectivity index (χ2n) is 2.86. The maximum Gasteiger partial charge on any atom is 0.217 e. The largest absolute Gasteiger partial charge is 0.370 e. The molecule has 0 aromatic rings. The Morgan fingerprint density at radius 3 is 2.25 bits per heavy atom. The van der Waals surface area contributed by atoms with E-state index in [1.807, 2.05) is 0 Å². The molecule has 3 nitrogen and oxygen atoms in total. The van der Waals surface area contributed by atoms with Gasteiger partial charge in [0.15, 0.2) is 0 Å². The second kappa shape index (κ2) is 7.65. The Balaban J connectivity index is 0. The molecule has 0 atom stereocenters. The van der Waals surface area contributed by atoms with Crippen molar-refractivity contribution in [1.82, 2.24) is 5.32 Å². The fourth-order valence-corrected chi connectivity index (χ4v) is 1.37. The molecule has 0 aromatic heterocycles. The van der Waals surface area contributed by atoms with E-state index in [-0.39, 0.29) is 30.7 Å². The van der Waals surface area contributed by atoms with Gasteiger partial charge < -0.3 is 11.1 Å². The standard InChI is InChI=1S/C7H14N2O.2ClH/c8-7(10)5-6-1-3-9-4-2-6;;/h6,9H,1-5H2,(H2,8,10);2*1H. The zero-order valence-electron chi connectivity index (χ0n) is 6.91. The van der Waals surface area contributed by atoms with Crippen LogP contribution in [0.2, 0.25) is 0 Å². The van der Waals surface area contributed by atoms with E-state index in [4.69, 9.17) is 5.73 Å². The molecule has 1 aliphatic rings. The van der Waals surface area contributed by atoms with Crippen molar-refractivity contribution in [3.63, 3.8) is 0 Å². The smallest absolute Gasteiger partial charge is 0.217 e. The number of halogens is 2. The van der Waals surface area contributed by atoms with Crippen LogP contribution >= 0.6 is 24.8 Å². The maximum atomic E-state index is 10.5. The van der Waals surface area contributed by atoms with Gasteiger partial charge in [-0.1, -0.05) is 0 Å². The predicted octanol–water partition coefficient (Wildman–Crippen LogP) is 0.705. The number of rotatable bonds is 2. The number of nitrogens with one attached hydrogen (secondary N) is 1. The highest BCUT2D eigenvalue weighted by Crippen LogP contribution is 2.14. The number of amides is 1. The van der Waals surface area contributed by atoms with Crippen molar-refractivity contribution < 1.29 is 4.79 Å². The van der Waals surface area contributed by atoms with E-state index in [1.165, 1.54) is 0 Å². The maximum absolute atomic E-state index is 10.5. The van der Waals surface area contributed by atoms with Gasteiger partial charge in [0, 0.05) is 6.42 Å². The number of carbonyl (C=O) groups excluding carboxylic acids is 1. The topological polar surface area (TPSA) is 55.1 Å². The first-order valence-electron chi connectivity index (χ1n) is 3.78. The first-order valence-corrected chi connectivity index (χ1v) is 3.78. The Bertz CT molecular complexity index is 127. The van der Waals surface area contributed by atoms with E-state index in [9.17, 15) is 4.79 Å². The van der Waals surface area contributed by atoms with E-state index in [2.05, 4.69) is 5.32 Å². The Hall–Kier alpha value is 0.01000. The predicted molar refractivity (Wildman–Crippen MR) is 53.9 cm³/mol. The third-order valence-corrected chi connectivity index (χ3v) is 1.95. The lowest BCUT2D eigenvalue weighted by Crippen LogP contribution is -2.30. The van der Waals surface area contributed by atoms with E-state index in [1.54, 1.807) is 0 Å². The molecule has 0 unspecified atom stereocenters. The summed E-state index contributed by atoms with van der Waals surface area (Å²) in [6, 6.07) is 0. The van der Waals surface area contributed by atoms with Crippen molar-refractivity contribution in [3.8, 4) is 0 Å². The molecule has 1 aliphatic heterocycles. The molecule has 0 aliphatic carbocycles. The molecular weight excluding hydrogens is 199 g/mol. The van der Waals surface area contributed by atoms with Crippen LogP contribution in [0.4, 0.5) is 0 Å². The normalized spacial score (nSPS) is 17.3. The molecular formula is C7H16Cl2N2O. The van der Waals surface area contributed by atoms with Gasteiger partial charge in [-0.3, -0.25) is 4.79 Å². The lowest BCUT2D eigenvalue weighted by atomic mass is 9.95. The number of nitrogens with two attached hydrogens (primary N) is 1. The van der Waals surface area contributed by atoms with Crippen molar-refractivity contribution in [2.24, 2.45) is 11.7 Å². The molecule has 1 amide bonds. The van der Waals surface area contributed by atoms with Gasteiger partial charge in [-0.15, -0.1) is 24.8 Å². The molecule has 3 N–H and O–H groups in total. The van der Waals surface area contributed by atoms with Crippen molar-refractivity contribution >= 4 is 30.7 Å². The van der Waals surface area contributed by atoms with E-state index < -0.39 is 0 Å². The van der Waals surface area contributed by atoms with Gasteiger partial charge in [0.1, 0.15) is 0 Å². The summed E-state index contributed by atoms with van der Waals surface area (Å²) in [4.78, 5) is 10.5. The number of hydrogen-bond acceptors (Lipinski definition) is 2. The highest BCUT2D eigenvalue weighted by molar-refractivity contribution is 5.85. The zero-order valence-corrected chi connectivity index (χ0v) is 8.55. The molecule has 1 heterocycles. The average Bonchev–Trinajstić information content (AvgIpc) is 1.88. The third-order valence-electron chi connectivity index (χ3n) is 1.95. The average molecular weight is 215 g/mol. The van der Waals surface area contributed by atoms with Crippen molar-refractivity contribution in [3.05, 3.63) is 0 Å². The summed E-state index contributed by atoms with van der Waals surface area (Å²) < 4.78 is 0. The minimum atomic E-state index is -0.160. The van der Waals surface area contributed by atoms with Crippen LogP contribution in [0.3, 0.4) is 0 Å². The zero-order chi connectivity index (χ0) is 7.40. The monoisotopic (exact) mass is 214 g/mol. The number of carbonyl (C=O) groups is 1. The highest BCUT2D eigenvalue weighted by Gasteiger charge is 2.14. The van der Waals surface area contributed by atoms with Crippen LogP contribution < -0.4 is 11.1 Å². The molecule has 74 valence electrons. The molecule has 1 fully saturated rings. The Morgan fingerprint density at radius 1 is 1.33 bits per heavy atom. The Morgan fingerprint density at radius 2 is 1.83 bits per heavy atom. The van der Waals surface area contributed by atoms with E-state index in [0.717, 1.165) is 25.9 Å². The first-order chi connectivity index (χ1) is 4.79. The van der Waals surface area contributed by atoms with Crippen LogP contribution in [0.25, 0.3) is 0 Å². The molecule has 0 saturated carbocycles. The summed E-state index contributed by atoms with van der Waals surface area (Å²) in [7, 11) is 0.